The number of rotatable bonds is 6. The van der Waals surface area contributed by atoms with Crippen LogP contribution >= 0.6 is 0 Å². The largest absolute Gasteiger partial charge is 0.356 e. The van der Waals surface area contributed by atoms with Crippen molar-refractivity contribution < 1.29 is 4.39 Å². The van der Waals surface area contributed by atoms with Crippen LogP contribution in [0.3, 0.4) is 0 Å². The molecule has 1 heterocycles. The first-order valence-corrected chi connectivity index (χ1v) is 8.70. The SMILES string of the molecule is CN=C(NCCCN1CCCCCC1)NCc1ccccc1F. The van der Waals surface area contributed by atoms with E-state index in [1.165, 1.54) is 44.8 Å². The summed E-state index contributed by atoms with van der Waals surface area (Å²) in [6.45, 7) is 4.93. The van der Waals surface area contributed by atoms with Gasteiger partial charge in [-0.2, -0.15) is 0 Å². The first-order chi connectivity index (χ1) is 11.3. The molecule has 0 aromatic heterocycles. The third kappa shape index (κ3) is 6.57. The highest BCUT2D eigenvalue weighted by Crippen LogP contribution is 2.09. The minimum atomic E-state index is -0.184. The van der Waals surface area contributed by atoms with Crippen molar-refractivity contribution in [2.75, 3.05) is 33.2 Å². The van der Waals surface area contributed by atoms with E-state index in [1.807, 2.05) is 6.07 Å². The Balaban J connectivity index is 1.64. The lowest BCUT2D eigenvalue weighted by Gasteiger charge is -2.20. The molecule has 23 heavy (non-hydrogen) atoms. The smallest absolute Gasteiger partial charge is 0.191 e. The number of likely N-dealkylation sites (tertiary alicyclic amines) is 1. The summed E-state index contributed by atoms with van der Waals surface area (Å²) in [6.07, 6.45) is 6.52. The summed E-state index contributed by atoms with van der Waals surface area (Å²) in [6, 6.07) is 6.82. The number of halogens is 1. The number of nitrogens with zero attached hydrogens (tertiary/aromatic N) is 2. The van der Waals surface area contributed by atoms with Crippen LogP contribution in [0.1, 0.15) is 37.7 Å². The number of nitrogens with one attached hydrogen (secondary N) is 2. The highest BCUT2D eigenvalue weighted by atomic mass is 19.1. The molecule has 1 aliphatic heterocycles. The zero-order valence-electron chi connectivity index (χ0n) is 14.2. The summed E-state index contributed by atoms with van der Waals surface area (Å²) in [5, 5.41) is 6.46. The van der Waals surface area contributed by atoms with Crippen LogP contribution in [0.25, 0.3) is 0 Å². The molecule has 0 radical (unpaired) electrons. The Kier molecular flexibility index (Phi) is 7.87. The summed E-state index contributed by atoms with van der Waals surface area (Å²) in [4.78, 5) is 6.75. The Morgan fingerprint density at radius 2 is 1.87 bits per heavy atom. The van der Waals surface area contributed by atoms with Crippen LogP contribution in [0, 0.1) is 5.82 Å². The van der Waals surface area contributed by atoms with Crippen molar-refractivity contribution in [3.63, 3.8) is 0 Å². The zero-order valence-corrected chi connectivity index (χ0v) is 14.2. The molecule has 1 saturated heterocycles. The molecule has 0 amide bonds. The van der Waals surface area contributed by atoms with E-state index in [4.69, 9.17) is 0 Å². The molecular weight excluding hydrogens is 291 g/mol. The summed E-state index contributed by atoms with van der Waals surface area (Å²) in [5.74, 6) is 0.542. The van der Waals surface area contributed by atoms with Gasteiger partial charge in [-0.25, -0.2) is 4.39 Å². The minimum absolute atomic E-state index is 0.184. The fraction of sp³-hybridized carbons (Fsp3) is 0.611. The Morgan fingerprint density at radius 1 is 1.13 bits per heavy atom. The van der Waals surface area contributed by atoms with Crippen LogP contribution in [0.5, 0.6) is 0 Å². The lowest BCUT2D eigenvalue weighted by atomic mass is 10.2. The molecule has 1 aliphatic rings. The van der Waals surface area contributed by atoms with Crippen molar-refractivity contribution in [1.82, 2.24) is 15.5 Å². The van der Waals surface area contributed by atoms with Gasteiger partial charge in [0.15, 0.2) is 5.96 Å². The van der Waals surface area contributed by atoms with Crippen LogP contribution < -0.4 is 10.6 Å². The van der Waals surface area contributed by atoms with Crippen LogP contribution in [0.4, 0.5) is 4.39 Å². The zero-order chi connectivity index (χ0) is 16.3. The number of guanidine groups is 1. The number of benzene rings is 1. The second kappa shape index (κ2) is 10.2. The van der Waals surface area contributed by atoms with Gasteiger partial charge in [-0.15, -0.1) is 0 Å². The first kappa shape index (κ1) is 17.7. The van der Waals surface area contributed by atoms with Crippen molar-refractivity contribution in [1.29, 1.82) is 0 Å². The summed E-state index contributed by atoms with van der Waals surface area (Å²) in [5.41, 5.74) is 0.653. The maximum Gasteiger partial charge on any atom is 0.191 e. The molecule has 4 nitrogen and oxygen atoms in total. The van der Waals surface area contributed by atoms with Gasteiger partial charge in [0, 0.05) is 25.7 Å². The standard InChI is InChI=1S/C18H29FN4/c1-20-18(22-15-16-9-4-5-10-17(16)19)21-11-8-14-23-12-6-2-3-7-13-23/h4-5,9-10H,2-3,6-8,11-15H2,1H3,(H2,20,21,22). The Morgan fingerprint density at radius 3 is 2.57 bits per heavy atom. The quantitative estimate of drug-likeness (QED) is 0.481. The van der Waals surface area contributed by atoms with Gasteiger partial charge in [-0.1, -0.05) is 31.0 Å². The molecular formula is C18H29FN4. The van der Waals surface area contributed by atoms with E-state index in [-0.39, 0.29) is 5.82 Å². The molecule has 0 bridgehead atoms. The van der Waals surface area contributed by atoms with Gasteiger partial charge in [-0.05, 0) is 45.0 Å². The fourth-order valence-electron chi connectivity index (χ4n) is 2.91. The maximum absolute atomic E-state index is 13.6. The van der Waals surface area contributed by atoms with Crippen LogP contribution in [-0.2, 0) is 6.54 Å². The average Bonchev–Trinajstić information content (AvgIpc) is 2.84. The predicted octanol–water partition coefficient (Wildman–Crippen LogP) is 2.76. The van der Waals surface area contributed by atoms with E-state index >= 15 is 0 Å². The van der Waals surface area contributed by atoms with Crippen LogP contribution in [0.2, 0.25) is 0 Å². The molecule has 0 atom stereocenters. The Bertz CT molecular complexity index is 482. The van der Waals surface area contributed by atoms with Crippen molar-refractivity contribution in [2.24, 2.45) is 4.99 Å². The molecule has 0 aliphatic carbocycles. The third-order valence-electron chi connectivity index (χ3n) is 4.27. The lowest BCUT2D eigenvalue weighted by molar-refractivity contribution is 0.282. The highest BCUT2D eigenvalue weighted by Gasteiger charge is 2.08. The van der Waals surface area contributed by atoms with Crippen molar-refractivity contribution in [3.05, 3.63) is 35.6 Å². The van der Waals surface area contributed by atoms with Crippen LogP contribution in [0.15, 0.2) is 29.3 Å². The molecule has 1 aromatic carbocycles. The van der Waals surface area contributed by atoms with E-state index in [0.717, 1.165) is 25.5 Å². The monoisotopic (exact) mass is 320 g/mol. The maximum atomic E-state index is 13.6. The summed E-state index contributed by atoms with van der Waals surface area (Å²) < 4.78 is 13.6. The van der Waals surface area contributed by atoms with Gasteiger partial charge in [0.05, 0.1) is 0 Å². The molecule has 5 heteroatoms. The topological polar surface area (TPSA) is 39.7 Å². The third-order valence-corrected chi connectivity index (χ3v) is 4.27. The van der Waals surface area contributed by atoms with Gasteiger partial charge in [0.1, 0.15) is 5.82 Å². The van der Waals surface area contributed by atoms with E-state index in [0.29, 0.717) is 12.1 Å². The van der Waals surface area contributed by atoms with Gasteiger partial charge < -0.3 is 15.5 Å². The van der Waals surface area contributed by atoms with E-state index < -0.39 is 0 Å². The van der Waals surface area contributed by atoms with E-state index in [2.05, 4.69) is 20.5 Å². The van der Waals surface area contributed by atoms with Crippen molar-refractivity contribution >= 4 is 5.96 Å². The Labute approximate surface area is 139 Å². The number of hydrogen-bond acceptors (Lipinski definition) is 2. The van der Waals surface area contributed by atoms with Crippen LogP contribution in [-0.4, -0.2) is 44.1 Å². The average molecular weight is 320 g/mol. The fourth-order valence-corrected chi connectivity index (χ4v) is 2.91. The van der Waals surface area contributed by atoms with Crippen molar-refractivity contribution in [3.8, 4) is 0 Å². The molecule has 0 saturated carbocycles. The number of hydrogen-bond donors (Lipinski definition) is 2. The first-order valence-electron chi connectivity index (χ1n) is 8.70. The van der Waals surface area contributed by atoms with Gasteiger partial charge >= 0.3 is 0 Å². The van der Waals surface area contributed by atoms with Gasteiger partial charge in [0.2, 0.25) is 0 Å². The second-order valence-electron chi connectivity index (χ2n) is 6.05. The molecule has 2 rings (SSSR count). The normalized spacial score (nSPS) is 16.9. The van der Waals surface area contributed by atoms with Gasteiger partial charge in [0.25, 0.3) is 0 Å². The second-order valence-corrected chi connectivity index (χ2v) is 6.05. The Hall–Kier alpha value is -1.62. The molecule has 0 spiro atoms. The molecule has 2 N–H and O–H groups in total. The molecule has 1 aromatic rings. The highest BCUT2D eigenvalue weighted by molar-refractivity contribution is 5.79. The molecule has 1 fully saturated rings. The minimum Gasteiger partial charge on any atom is -0.356 e. The number of aliphatic imine (C=N–C) groups is 1. The molecule has 128 valence electrons. The predicted molar refractivity (Wildman–Crippen MR) is 94.1 cm³/mol. The van der Waals surface area contributed by atoms with E-state index in [1.54, 1.807) is 19.2 Å². The van der Waals surface area contributed by atoms with Crippen molar-refractivity contribution in [2.45, 2.75) is 38.6 Å². The van der Waals surface area contributed by atoms with E-state index in [9.17, 15) is 4.39 Å². The summed E-state index contributed by atoms with van der Waals surface area (Å²) >= 11 is 0. The molecule has 0 unspecified atom stereocenters. The lowest BCUT2D eigenvalue weighted by Crippen LogP contribution is -2.38. The summed E-state index contributed by atoms with van der Waals surface area (Å²) in [7, 11) is 1.74. The van der Waals surface area contributed by atoms with Gasteiger partial charge in [-0.3, -0.25) is 4.99 Å².